The minimum absolute atomic E-state index is 0.167. The molecular formula is C11H12FN3O4. The van der Waals surface area contributed by atoms with E-state index in [0.29, 0.717) is 0 Å². The summed E-state index contributed by atoms with van der Waals surface area (Å²) in [6.45, 7) is -0.531. The molecule has 0 radical (unpaired) electrons. The number of nitrogen functional groups attached to an aromatic ring is 1. The van der Waals surface area contributed by atoms with E-state index < -0.39 is 41.9 Å². The van der Waals surface area contributed by atoms with Gasteiger partial charge in [-0.15, -0.1) is 6.42 Å². The summed E-state index contributed by atoms with van der Waals surface area (Å²) in [7, 11) is 0. The molecule has 1 aromatic rings. The van der Waals surface area contributed by atoms with E-state index in [4.69, 9.17) is 22.0 Å². The first-order valence-corrected chi connectivity index (χ1v) is 5.42. The minimum atomic E-state index is -1.73. The third-order valence-electron chi connectivity index (χ3n) is 3.00. The number of aromatic nitrogens is 2. The fourth-order valence-corrected chi connectivity index (χ4v) is 1.92. The number of hydrogen-bond donors (Lipinski definition) is 3. The van der Waals surface area contributed by atoms with Gasteiger partial charge in [0.1, 0.15) is 12.3 Å². The zero-order valence-corrected chi connectivity index (χ0v) is 9.78. The monoisotopic (exact) mass is 269 g/mol. The van der Waals surface area contributed by atoms with Gasteiger partial charge in [-0.1, -0.05) is 5.92 Å². The van der Waals surface area contributed by atoms with E-state index in [-0.39, 0.29) is 6.42 Å². The van der Waals surface area contributed by atoms with Crippen LogP contribution in [0, 0.1) is 18.2 Å². The Morgan fingerprint density at radius 3 is 3.00 bits per heavy atom. The largest absolute Gasteiger partial charge is 0.394 e. The molecule has 0 amide bonds. The highest BCUT2D eigenvalue weighted by molar-refractivity contribution is 5.26. The van der Waals surface area contributed by atoms with Crippen molar-refractivity contribution in [2.24, 2.45) is 0 Å². The number of anilines is 1. The van der Waals surface area contributed by atoms with Crippen LogP contribution in [0.25, 0.3) is 0 Å². The highest BCUT2D eigenvalue weighted by Gasteiger charge is 2.47. The highest BCUT2D eigenvalue weighted by Crippen LogP contribution is 2.35. The molecular weight excluding hydrogens is 257 g/mol. The molecule has 1 fully saturated rings. The van der Waals surface area contributed by atoms with Crippen LogP contribution in [0.3, 0.4) is 0 Å². The molecule has 1 saturated heterocycles. The van der Waals surface area contributed by atoms with Crippen molar-refractivity contribution in [3.63, 3.8) is 0 Å². The second-order valence-corrected chi connectivity index (χ2v) is 4.20. The lowest BCUT2D eigenvalue weighted by molar-refractivity contribution is -0.0625. The van der Waals surface area contributed by atoms with Crippen molar-refractivity contribution >= 4 is 5.82 Å². The quantitative estimate of drug-likeness (QED) is 0.570. The zero-order chi connectivity index (χ0) is 14.2. The summed E-state index contributed by atoms with van der Waals surface area (Å²) < 4.78 is 19.4. The Balaban J connectivity index is 2.38. The lowest BCUT2D eigenvalue weighted by Gasteiger charge is -2.19. The fraction of sp³-hybridized carbons (Fsp3) is 0.455. The van der Waals surface area contributed by atoms with Crippen molar-refractivity contribution in [1.29, 1.82) is 0 Å². The Morgan fingerprint density at radius 1 is 1.79 bits per heavy atom. The molecule has 3 atom stereocenters. The maximum absolute atomic E-state index is 13.3. The maximum atomic E-state index is 13.3. The van der Waals surface area contributed by atoms with Gasteiger partial charge >= 0.3 is 5.69 Å². The Bertz CT molecular complexity index is 597. The number of ether oxygens (including phenoxy) is 1. The lowest BCUT2D eigenvalue weighted by atomic mass is 9.96. The molecule has 102 valence electrons. The third kappa shape index (κ3) is 2.19. The van der Waals surface area contributed by atoms with Gasteiger partial charge in [-0.3, -0.25) is 4.57 Å². The van der Waals surface area contributed by atoms with Gasteiger partial charge < -0.3 is 20.7 Å². The lowest BCUT2D eigenvalue weighted by Crippen LogP contribution is -2.38. The summed E-state index contributed by atoms with van der Waals surface area (Å²) in [5, 5.41) is 19.1. The van der Waals surface area contributed by atoms with Crippen LogP contribution in [-0.2, 0) is 4.74 Å². The molecule has 1 aliphatic heterocycles. The van der Waals surface area contributed by atoms with Crippen molar-refractivity contribution in [3.8, 4) is 12.3 Å². The molecule has 2 rings (SSSR count). The van der Waals surface area contributed by atoms with E-state index in [2.05, 4.69) is 10.9 Å². The SMILES string of the molecule is C#C[C@]1(O)C[C@H](n2cc(F)c(N)nc2=O)O[C@@H]1CO. The van der Waals surface area contributed by atoms with Crippen LogP contribution in [0.2, 0.25) is 0 Å². The first-order valence-electron chi connectivity index (χ1n) is 5.42. The topological polar surface area (TPSA) is 111 Å². The standard InChI is InChI=1S/C11H12FN3O4/c1-2-11(18)3-8(19-7(11)5-16)15-4-6(12)9(13)14-10(15)17/h1,4,7-8,16,18H,3,5H2,(H2,13,14,17)/t7-,8-,11+/m1/s1. The van der Waals surface area contributed by atoms with E-state index in [1.165, 1.54) is 0 Å². The average molecular weight is 269 g/mol. The average Bonchev–Trinajstić information content (AvgIpc) is 2.71. The van der Waals surface area contributed by atoms with Gasteiger partial charge in [0, 0.05) is 6.42 Å². The molecule has 0 saturated carbocycles. The molecule has 0 unspecified atom stereocenters. The summed E-state index contributed by atoms with van der Waals surface area (Å²) >= 11 is 0. The number of nitrogens with two attached hydrogens (primary N) is 1. The zero-order valence-electron chi connectivity index (χ0n) is 9.78. The fourth-order valence-electron chi connectivity index (χ4n) is 1.92. The molecule has 8 heteroatoms. The van der Waals surface area contributed by atoms with Crippen molar-refractivity contribution in [2.75, 3.05) is 12.3 Å². The first kappa shape index (κ1) is 13.5. The molecule has 19 heavy (non-hydrogen) atoms. The number of hydrogen-bond acceptors (Lipinski definition) is 6. The van der Waals surface area contributed by atoms with Crippen molar-refractivity contribution in [2.45, 2.75) is 24.4 Å². The van der Waals surface area contributed by atoms with Crippen LogP contribution in [0.5, 0.6) is 0 Å². The molecule has 7 nitrogen and oxygen atoms in total. The smallest absolute Gasteiger partial charge is 0.351 e. The van der Waals surface area contributed by atoms with E-state index in [1.807, 2.05) is 0 Å². The summed E-state index contributed by atoms with van der Waals surface area (Å²) in [6, 6.07) is 0. The number of aliphatic hydroxyl groups is 2. The molecule has 1 aromatic heterocycles. The molecule has 0 bridgehead atoms. The molecule has 2 heterocycles. The summed E-state index contributed by atoms with van der Waals surface area (Å²) in [5.74, 6) is 0.691. The molecule has 4 N–H and O–H groups in total. The second kappa shape index (κ2) is 4.62. The van der Waals surface area contributed by atoms with Crippen LogP contribution in [0.4, 0.5) is 10.2 Å². The normalized spacial score (nSPS) is 30.2. The number of halogens is 1. The van der Waals surface area contributed by atoms with Crippen molar-refractivity contribution in [3.05, 3.63) is 22.5 Å². The van der Waals surface area contributed by atoms with Gasteiger partial charge in [0.2, 0.25) is 0 Å². The number of terminal acetylenes is 1. The van der Waals surface area contributed by atoms with Crippen molar-refractivity contribution in [1.82, 2.24) is 9.55 Å². The first-order chi connectivity index (χ1) is 8.91. The van der Waals surface area contributed by atoms with Gasteiger partial charge in [0.05, 0.1) is 12.8 Å². The molecule has 0 aromatic carbocycles. The van der Waals surface area contributed by atoms with Crippen LogP contribution in [0.15, 0.2) is 11.0 Å². The van der Waals surface area contributed by atoms with Gasteiger partial charge in [0.15, 0.2) is 17.2 Å². The predicted molar refractivity (Wildman–Crippen MR) is 62.3 cm³/mol. The van der Waals surface area contributed by atoms with Gasteiger partial charge in [-0.05, 0) is 0 Å². The summed E-state index contributed by atoms with van der Waals surface area (Å²) in [6.07, 6.45) is 3.76. The number of rotatable bonds is 2. The summed E-state index contributed by atoms with van der Waals surface area (Å²) in [5.41, 5.74) is 2.60. The van der Waals surface area contributed by atoms with E-state index >= 15 is 0 Å². The van der Waals surface area contributed by atoms with Crippen molar-refractivity contribution < 1.29 is 19.3 Å². The summed E-state index contributed by atoms with van der Waals surface area (Å²) in [4.78, 5) is 14.9. The second-order valence-electron chi connectivity index (χ2n) is 4.20. The third-order valence-corrected chi connectivity index (χ3v) is 3.00. The van der Waals surface area contributed by atoms with Gasteiger partial charge in [-0.25, -0.2) is 9.18 Å². The highest BCUT2D eigenvalue weighted by atomic mass is 19.1. The molecule has 1 aliphatic rings. The Morgan fingerprint density at radius 2 is 2.47 bits per heavy atom. The van der Waals surface area contributed by atoms with E-state index in [9.17, 15) is 14.3 Å². The molecule has 0 spiro atoms. The number of nitrogens with zero attached hydrogens (tertiary/aromatic N) is 2. The molecule has 0 aliphatic carbocycles. The van der Waals surface area contributed by atoms with Gasteiger partial charge in [-0.2, -0.15) is 4.98 Å². The number of aliphatic hydroxyl groups excluding tert-OH is 1. The van der Waals surface area contributed by atoms with Crippen LogP contribution >= 0.6 is 0 Å². The van der Waals surface area contributed by atoms with Crippen LogP contribution < -0.4 is 11.4 Å². The van der Waals surface area contributed by atoms with Gasteiger partial charge in [0.25, 0.3) is 0 Å². The Labute approximate surface area is 107 Å². The minimum Gasteiger partial charge on any atom is -0.394 e. The maximum Gasteiger partial charge on any atom is 0.351 e. The Hall–Kier alpha value is -1.95. The van der Waals surface area contributed by atoms with Crippen LogP contribution in [-0.4, -0.2) is 38.1 Å². The van der Waals surface area contributed by atoms with E-state index in [0.717, 1.165) is 10.8 Å². The van der Waals surface area contributed by atoms with E-state index in [1.54, 1.807) is 0 Å². The predicted octanol–water partition coefficient (Wildman–Crippen LogP) is -1.39. The van der Waals surface area contributed by atoms with Crippen LogP contribution in [0.1, 0.15) is 12.6 Å². The Kier molecular flexibility index (Phi) is 3.28.